The van der Waals surface area contributed by atoms with Crippen molar-refractivity contribution >= 4 is 11.9 Å². The van der Waals surface area contributed by atoms with Crippen LogP contribution in [0.3, 0.4) is 0 Å². The SMILES string of the molecule is O=C(CCc1ccc(-c2ccccc2)[nH]1)NCC1(C(=O)O)CCCCC1. The van der Waals surface area contributed by atoms with Gasteiger partial charge in [-0.25, -0.2) is 0 Å². The average Bonchev–Trinajstić information content (AvgIpc) is 3.15. The lowest BCUT2D eigenvalue weighted by Gasteiger charge is -2.33. The van der Waals surface area contributed by atoms with E-state index in [-0.39, 0.29) is 12.5 Å². The maximum atomic E-state index is 12.2. The molecule has 26 heavy (non-hydrogen) atoms. The number of aromatic amines is 1. The summed E-state index contributed by atoms with van der Waals surface area (Å²) in [6, 6.07) is 14.1. The van der Waals surface area contributed by atoms with Gasteiger partial charge < -0.3 is 15.4 Å². The van der Waals surface area contributed by atoms with Gasteiger partial charge in [0.25, 0.3) is 0 Å². The van der Waals surface area contributed by atoms with E-state index in [9.17, 15) is 14.7 Å². The number of aryl methyl sites for hydroxylation is 1. The first-order valence-corrected chi connectivity index (χ1v) is 9.32. The molecule has 138 valence electrons. The summed E-state index contributed by atoms with van der Waals surface area (Å²) in [7, 11) is 0. The Kier molecular flexibility index (Phi) is 5.76. The summed E-state index contributed by atoms with van der Waals surface area (Å²) < 4.78 is 0. The Morgan fingerprint density at radius 1 is 1.04 bits per heavy atom. The van der Waals surface area contributed by atoms with Crippen molar-refractivity contribution in [3.63, 3.8) is 0 Å². The number of nitrogens with one attached hydrogen (secondary N) is 2. The highest BCUT2D eigenvalue weighted by Gasteiger charge is 2.39. The molecule has 1 aliphatic rings. The minimum atomic E-state index is -0.783. The number of carboxylic acid groups (broad SMARTS) is 1. The second kappa shape index (κ2) is 8.21. The number of benzene rings is 1. The molecule has 0 atom stereocenters. The van der Waals surface area contributed by atoms with Crippen LogP contribution >= 0.6 is 0 Å². The van der Waals surface area contributed by atoms with E-state index in [1.807, 2.05) is 42.5 Å². The fraction of sp³-hybridized carbons (Fsp3) is 0.429. The second-order valence-electron chi connectivity index (χ2n) is 7.19. The Labute approximate surface area is 153 Å². The molecule has 2 aromatic rings. The van der Waals surface area contributed by atoms with Crippen molar-refractivity contribution in [1.29, 1.82) is 0 Å². The van der Waals surface area contributed by atoms with Crippen LogP contribution < -0.4 is 5.32 Å². The summed E-state index contributed by atoms with van der Waals surface area (Å²) in [6.07, 6.45) is 5.20. The third-order valence-electron chi connectivity index (χ3n) is 5.34. The van der Waals surface area contributed by atoms with Crippen molar-refractivity contribution in [3.05, 3.63) is 48.2 Å². The monoisotopic (exact) mass is 354 g/mol. The van der Waals surface area contributed by atoms with Gasteiger partial charge in [0.15, 0.2) is 0 Å². The van der Waals surface area contributed by atoms with Crippen molar-refractivity contribution < 1.29 is 14.7 Å². The third-order valence-corrected chi connectivity index (χ3v) is 5.34. The van der Waals surface area contributed by atoms with Crippen LogP contribution in [0.2, 0.25) is 0 Å². The molecule has 0 bridgehead atoms. The predicted molar refractivity (Wildman–Crippen MR) is 101 cm³/mol. The number of hydrogen-bond donors (Lipinski definition) is 3. The van der Waals surface area contributed by atoms with Gasteiger partial charge in [0.05, 0.1) is 5.41 Å². The summed E-state index contributed by atoms with van der Waals surface area (Å²) in [5.41, 5.74) is 2.38. The smallest absolute Gasteiger partial charge is 0.311 e. The van der Waals surface area contributed by atoms with E-state index in [0.717, 1.165) is 36.2 Å². The normalized spacial score (nSPS) is 16.2. The quantitative estimate of drug-likeness (QED) is 0.708. The zero-order chi connectivity index (χ0) is 18.4. The number of hydrogen-bond acceptors (Lipinski definition) is 2. The summed E-state index contributed by atoms with van der Waals surface area (Å²) in [6.45, 7) is 0.237. The van der Waals surface area contributed by atoms with Crippen molar-refractivity contribution in [2.75, 3.05) is 6.54 Å². The first-order chi connectivity index (χ1) is 12.6. The Bertz CT molecular complexity index is 746. The number of amides is 1. The summed E-state index contributed by atoms with van der Waals surface area (Å²) in [5, 5.41) is 12.4. The number of aromatic nitrogens is 1. The van der Waals surface area contributed by atoms with Crippen LogP contribution in [0.1, 0.15) is 44.2 Å². The standard InChI is InChI=1S/C21H26N2O3/c24-19(22-15-21(20(25)26)13-5-2-6-14-21)12-10-17-9-11-18(23-17)16-7-3-1-4-8-16/h1,3-4,7-9,11,23H,2,5-6,10,12-15H2,(H,22,24)(H,25,26). The molecule has 3 rings (SSSR count). The third kappa shape index (κ3) is 4.34. The van der Waals surface area contributed by atoms with Gasteiger partial charge in [0.2, 0.25) is 5.91 Å². The molecule has 3 N–H and O–H groups in total. The molecule has 0 unspecified atom stereocenters. The lowest BCUT2D eigenvalue weighted by Crippen LogP contribution is -2.44. The van der Waals surface area contributed by atoms with Crippen LogP contribution in [-0.2, 0) is 16.0 Å². The molecule has 1 aliphatic carbocycles. The molecule has 5 heteroatoms. The lowest BCUT2D eigenvalue weighted by atomic mass is 9.74. The summed E-state index contributed by atoms with van der Waals surface area (Å²) in [4.78, 5) is 27.2. The minimum absolute atomic E-state index is 0.0907. The highest BCUT2D eigenvalue weighted by Crippen LogP contribution is 2.36. The second-order valence-corrected chi connectivity index (χ2v) is 7.19. The van der Waals surface area contributed by atoms with Crippen LogP contribution in [0.4, 0.5) is 0 Å². The molecule has 0 spiro atoms. The van der Waals surface area contributed by atoms with Crippen LogP contribution in [0.15, 0.2) is 42.5 Å². The fourth-order valence-corrected chi connectivity index (χ4v) is 3.67. The number of carboxylic acids is 1. The molecule has 1 heterocycles. The largest absolute Gasteiger partial charge is 0.481 e. The minimum Gasteiger partial charge on any atom is -0.481 e. The first kappa shape index (κ1) is 18.2. The fourth-order valence-electron chi connectivity index (χ4n) is 3.67. The number of aliphatic carboxylic acids is 1. The number of H-pyrrole nitrogens is 1. The molecule has 0 saturated heterocycles. The number of carbonyl (C=O) groups is 2. The predicted octanol–water partition coefficient (Wildman–Crippen LogP) is 3.77. The Balaban J connectivity index is 1.50. The van der Waals surface area contributed by atoms with E-state index >= 15 is 0 Å². The maximum absolute atomic E-state index is 12.2. The molecule has 0 radical (unpaired) electrons. The van der Waals surface area contributed by atoms with Crippen molar-refractivity contribution in [1.82, 2.24) is 10.3 Å². The molecule has 1 aromatic heterocycles. The highest BCUT2D eigenvalue weighted by molar-refractivity contribution is 5.79. The topological polar surface area (TPSA) is 82.2 Å². The van der Waals surface area contributed by atoms with Gasteiger partial charge in [-0.2, -0.15) is 0 Å². The molecular formula is C21H26N2O3. The van der Waals surface area contributed by atoms with Crippen LogP contribution in [0.25, 0.3) is 11.3 Å². The van der Waals surface area contributed by atoms with E-state index in [0.29, 0.717) is 25.7 Å². The molecule has 1 fully saturated rings. The zero-order valence-electron chi connectivity index (χ0n) is 15.0. The number of carbonyl (C=O) groups excluding carboxylic acids is 1. The van der Waals surface area contributed by atoms with Crippen LogP contribution in [-0.4, -0.2) is 28.5 Å². The van der Waals surface area contributed by atoms with E-state index < -0.39 is 11.4 Å². The first-order valence-electron chi connectivity index (χ1n) is 9.32. The van der Waals surface area contributed by atoms with E-state index in [4.69, 9.17) is 0 Å². The van der Waals surface area contributed by atoms with E-state index in [1.54, 1.807) is 0 Å². The maximum Gasteiger partial charge on any atom is 0.311 e. The zero-order valence-corrected chi connectivity index (χ0v) is 15.0. The van der Waals surface area contributed by atoms with Gasteiger partial charge in [0, 0.05) is 24.4 Å². The average molecular weight is 354 g/mol. The molecular weight excluding hydrogens is 328 g/mol. The molecule has 1 amide bonds. The molecule has 1 saturated carbocycles. The van der Waals surface area contributed by atoms with Gasteiger partial charge in [0.1, 0.15) is 0 Å². The number of rotatable bonds is 7. The van der Waals surface area contributed by atoms with Gasteiger partial charge in [-0.3, -0.25) is 9.59 Å². The van der Waals surface area contributed by atoms with Gasteiger partial charge in [-0.1, -0.05) is 49.6 Å². The summed E-state index contributed by atoms with van der Waals surface area (Å²) >= 11 is 0. The van der Waals surface area contributed by atoms with E-state index in [1.165, 1.54) is 0 Å². The van der Waals surface area contributed by atoms with Crippen LogP contribution in [0.5, 0.6) is 0 Å². The Morgan fingerprint density at radius 2 is 1.77 bits per heavy atom. The van der Waals surface area contributed by atoms with Crippen molar-refractivity contribution in [2.24, 2.45) is 5.41 Å². The van der Waals surface area contributed by atoms with E-state index in [2.05, 4.69) is 10.3 Å². The van der Waals surface area contributed by atoms with Gasteiger partial charge in [-0.15, -0.1) is 0 Å². The van der Waals surface area contributed by atoms with Crippen molar-refractivity contribution in [3.8, 4) is 11.3 Å². The Hall–Kier alpha value is -2.56. The van der Waals surface area contributed by atoms with Gasteiger partial charge >= 0.3 is 5.97 Å². The molecule has 5 nitrogen and oxygen atoms in total. The van der Waals surface area contributed by atoms with Crippen LogP contribution in [0, 0.1) is 5.41 Å². The van der Waals surface area contributed by atoms with Gasteiger partial charge in [-0.05, 0) is 37.0 Å². The summed E-state index contributed by atoms with van der Waals surface area (Å²) in [5.74, 6) is -0.874. The molecule has 0 aliphatic heterocycles. The Morgan fingerprint density at radius 3 is 2.46 bits per heavy atom. The molecule has 1 aromatic carbocycles. The lowest BCUT2D eigenvalue weighted by molar-refractivity contribution is -0.151. The van der Waals surface area contributed by atoms with Crippen molar-refractivity contribution in [2.45, 2.75) is 44.9 Å². The highest BCUT2D eigenvalue weighted by atomic mass is 16.4.